The Hall–Kier alpha value is -2.53. The molecule has 134 valence electrons. The predicted molar refractivity (Wildman–Crippen MR) is 102 cm³/mol. The number of hydrogen-bond acceptors (Lipinski definition) is 2. The molecule has 1 aliphatic heterocycles. The summed E-state index contributed by atoms with van der Waals surface area (Å²) in [5.41, 5.74) is 4.50. The van der Waals surface area contributed by atoms with E-state index in [2.05, 4.69) is 10.6 Å². The third kappa shape index (κ3) is 3.03. The standard InChI is InChI=1S/C20H20ClN3O2/c1-24-10-9-12-5-6-13(11-16(12)19(24)25)22-20(26)23-18-8-7-14-15(18)3-2-4-17(14)21/h2-6,11,18H,7-10H2,1H3,(H2,22,23,26). The van der Waals surface area contributed by atoms with Gasteiger partial charge in [0.2, 0.25) is 0 Å². The molecule has 0 bridgehead atoms. The summed E-state index contributed by atoms with van der Waals surface area (Å²) in [7, 11) is 1.79. The summed E-state index contributed by atoms with van der Waals surface area (Å²) in [6.07, 6.45) is 2.53. The molecule has 1 atom stereocenters. The molecule has 2 aromatic carbocycles. The number of rotatable bonds is 2. The van der Waals surface area contributed by atoms with Gasteiger partial charge < -0.3 is 15.5 Å². The maximum absolute atomic E-state index is 12.4. The number of fused-ring (bicyclic) bond motifs is 2. The smallest absolute Gasteiger partial charge is 0.319 e. The van der Waals surface area contributed by atoms with E-state index in [1.165, 1.54) is 0 Å². The summed E-state index contributed by atoms with van der Waals surface area (Å²) in [6, 6.07) is 11.0. The normalized spacial score (nSPS) is 18.3. The topological polar surface area (TPSA) is 61.4 Å². The summed E-state index contributed by atoms with van der Waals surface area (Å²) in [5, 5.41) is 6.61. The fourth-order valence-electron chi connectivity index (χ4n) is 3.75. The average Bonchev–Trinajstić information content (AvgIpc) is 3.03. The molecule has 1 aliphatic carbocycles. The van der Waals surface area contributed by atoms with Crippen molar-refractivity contribution in [3.05, 3.63) is 63.7 Å². The fourth-order valence-corrected chi connectivity index (χ4v) is 4.03. The SMILES string of the molecule is CN1CCc2ccc(NC(=O)NC3CCc4c(Cl)cccc43)cc2C1=O. The number of likely N-dealkylation sites (N-methyl/N-ethyl adjacent to an activating group) is 1. The first-order chi connectivity index (χ1) is 12.5. The molecule has 26 heavy (non-hydrogen) atoms. The van der Waals surface area contributed by atoms with Crippen LogP contribution in [-0.2, 0) is 12.8 Å². The number of benzene rings is 2. The van der Waals surface area contributed by atoms with E-state index in [4.69, 9.17) is 11.6 Å². The van der Waals surface area contributed by atoms with Gasteiger partial charge in [0.15, 0.2) is 0 Å². The number of amides is 3. The van der Waals surface area contributed by atoms with Crippen molar-refractivity contribution in [3.8, 4) is 0 Å². The van der Waals surface area contributed by atoms with Gasteiger partial charge in [0.25, 0.3) is 5.91 Å². The van der Waals surface area contributed by atoms with Gasteiger partial charge in [-0.25, -0.2) is 4.79 Å². The minimum absolute atomic E-state index is 0.00493. The maximum atomic E-state index is 12.4. The molecule has 0 fully saturated rings. The minimum Gasteiger partial charge on any atom is -0.341 e. The number of carbonyl (C=O) groups excluding carboxylic acids is 2. The zero-order valence-corrected chi connectivity index (χ0v) is 15.3. The first kappa shape index (κ1) is 16.9. The van der Waals surface area contributed by atoms with Crippen LogP contribution >= 0.6 is 11.6 Å². The van der Waals surface area contributed by atoms with Crippen LogP contribution in [0.4, 0.5) is 10.5 Å². The Morgan fingerprint density at radius 2 is 2.08 bits per heavy atom. The molecular weight excluding hydrogens is 350 g/mol. The number of nitrogens with zero attached hydrogens (tertiary/aromatic N) is 1. The Morgan fingerprint density at radius 1 is 1.23 bits per heavy atom. The third-order valence-electron chi connectivity index (χ3n) is 5.18. The fraction of sp³-hybridized carbons (Fsp3) is 0.300. The second kappa shape index (κ2) is 6.65. The van der Waals surface area contributed by atoms with Gasteiger partial charge in [0.1, 0.15) is 0 Å². The van der Waals surface area contributed by atoms with Crippen molar-refractivity contribution in [2.45, 2.75) is 25.3 Å². The van der Waals surface area contributed by atoms with Gasteiger partial charge in [-0.2, -0.15) is 0 Å². The molecule has 5 nitrogen and oxygen atoms in total. The number of carbonyl (C=O) groups is 2. The van der Waals surface area contributed by atoms with Gasteiger partial charge in [-0.1, -0.05) is 29.8 Å². The van der Waals surface area contributed by atoms with Crippen molar-refractivity contribution >= 4 is 29.2 Å². The van der Waals surface area contributed by atoms with E-state index in [9.17, 15) is 9.59 Å². The Kier molecular flexibility index (Phi) is 4.32. The summed E-state index contributed by atoms with van der Waals surface area (Å²) in [4.78, 5) is 26.4. The van der Waals surface area contributed by atoms with Crippen LogP contribution in [0.5, 0.6) is 0 Å². The highest BCUT2D eigenvalue weighted by Gasteiger charge is 2.26. The molecular formula is C20H20ClN3O2. The van der Waals surface area contributed by atoms with Crippen LogP contribution in [0.1, 0.15) is 39.5 Å². The highest BCUT2D eigenvalue weighted by Crippen LogP contribution is 2.35. The predicted octanol–water partition coefficient (Wildman–Crippen LogP) is 3.78. The van der Waals surface area contributed by atoms with E-state index in [0.29, 0.717) is 11.3 Å². The monoisotopic (exact) mass is 369 g/mol. The lowest BCUT2D eigenvalue weighted by molar-refractivity contribution is 0.0781. The Labute approximate surface area is 157 Å². The van der Waals surface area contributed by atoms with E-state index in [-0.39, 0.29) is 18.0 Å². The van der Waals surface area contributed by atoms with Crippen LogP contribution in [-0.4, -0.2) is 30.4 Å². The summed E-state index contributed by atoms with van der Waals surface area (Å²) in [5.74, 6) is -0.00493. The summed E-state index contributed by atoms with van der Waals surface area (Å²) >= 11 is 6.23. The number of nitrogens with one attached hydrogen (secondary N) is 2. The van der Waals surface area contributed by atoms with Crippen molar-refractivity contribution in [3.63, 3.8) is 0 Å². The van der Waals surface area contributed by atoms with Gasteiger partial charge in [-0.15, -0.1) is 0 Å². The molecule has 0 saturated heterocycles. The van der Waals surface area contributed by atoms with Gasteiger partial charge in [0.05, 0.1) is 6.04 Å². The van der Waals surface area contributed by atoms with Crippen molar-refractivity contribution in [1.29, 1.82) is 0 Å². The lowest BCUT2D eigenvalue weighted by Crippen LogP contribution is -2.34. The van der Waals surface area contributed by atoms with Crippen LogP contribution in [0.3, 0.4) is 0 Å². The number of hydrogen-bond donors (Lipinski definition) is 2. The largest absolute Gasteiger partial charge is 0.341 e. The first-order valence-electron chi connectivity index (χ1n) is 8.76. The van der Waals surface area contributed by atoms with Gasteiger partial charge in [-0.3, -0.25) is 4.79 Å². The summed E-state index contributed by atoms with van der Waals surface area (Å²) < 4.78 is 0. The third-order valence-corrected chi connectivity index (χ3v) is 5.53. The van der Waals surface area contributed by atoms with Gasteiger partial charge in [0, 0.05) is 29.9 Å². The highest BCUT2D eigenvalue weighted by atomic mass is 35.5. The van der Waals surface area contributed by atoms with Gasteiger partial charge >= 0.3 is 6.03 Å². The minimum atomic E-state index is -0.278. The molecule has 1 heterocycles. The van der Waals surface area contributed by atoms with Crippen LogP contribution in [0.25, 0.3) is 0 Å². The van der Waals surface area contributed by atoms with Crippen molar-refractivity contribution < 1.29 is 9.59 Å². The second-order valence-corrected chi connectivity index (χ2v) is 7.25. The maximum Gasteiger partial charge on any atom is 0.319 e. The quantitative estimate of drug-likeness (QED) is 0.846. The second-order valence-electron chi connectivity index (χ2n) is 6.85. The Morgan fingerprint density at radius 3 is 2.92 bits per heavy atom. The molecule has 6 heteroatoms. The van der Waals surface area contributed by atoms with Crippen LogP contribution in [0.15, 0.2) is 36.4 Å². The highest BCUT2D eigenvalue weighted by molar-refractivity contribution is 6.31. The van der Waals surface area contributed by atoms with Crippen molar-refractivity contribution in [1.82, 2.24) is 10.2 Å². The Bertz CT molecular complexity index is 897. The van der Waals surface area contributed by atoms with Crippen molar-refractivity contribution in [2.75, 3.05) is 18.9 Å². The van der Waals surface area contributed by atoms with E-state index in [0.717, 1.165) is 47.5 Å². The zero-order valence-electron chi connectivity index (χ0n) is 14.5. The average molecular weight is 370 g/mol. The molecule has 0 aromatic heterocycles. The molecule has 0 spiro atoms. The lowest BCUT2D eigenvalue weighted by Gasteiger charge is -2.25. The number of halogens is 1. The van der Waals surface area contributed by atoms with E-state index in [1.54, 1.807) is 18.0 Å². The zero-order chi connectivity index (χ0) is 18.3. The summed E-state index contributed by atoms with van der Waals surface area (Å²) in [6.45, 7) is 0.725. The number of anilines is 1. The van der Waals surface area contributed by atoms with E-state index in [1.807, 2.05) is 30.3 Å². The molecule has 2 aromatic rings. The van der Waals surface area contributed by atoms with E-state index >= 15 is 0 Å². The van der Waals surface area contributed by atoms with Gasteiger partial charge in [-0.05, 0) is 54.2 Å². The Balaban J connectivity index is 1.47. The van der Waals surface area contributed by atoms with Crippen molar-refractivity contribution in [2.24, 2.45) is 0 Å². The molecule has 0 radical (unpaired) electrons. The molecule has 3 amide bonds. The van der Waals surface area contributed by atoms with Crippen LogP contribution in [0.2, 0.25) is 5.02 Å². The van der Waals surface area contributed by atoms with Crippen LogP contribution in [0, 0.1) is 0 Å². The van der Waals surface area contributed by atoms with E-state index < -0.39 is 0 Å². The molecule has 2 N–H and O–H groups in total. The first-order valence-corrected chi connectivity index (χ1v) is 9.14. The lowest BCUT2D eigenvalue weighted by atomic mass is 9.99. The molecule has 0 saturated carbocycles. The van der Waals surface area contributed by atoms with Crippen LogP contribution < -0.4 is 10.6 Å². The molecule has 2 aliphatic rings. The molecule has 4 rings (SSSR count). The number of urea groups is 1. The molecule has 1 unspecified atom stereocenters.